The fourth-order valence-electron chi connectivity index (χ4n) is 5.17. The number of rotatable bonds is 11. The Morgan fingerprint density at radius 3 is 2.29 bits per heavy atom. The number of hydrogen-bond acceptors (Lipinski definition) is 7. The SMILES string of the molecule is O=C(NCCS(=O)(=O)O)c1ccc(CC(Cc2ccc3c(c2)OCO3)C(=O)Nc2ccc(-c3cc4ccccc4o3)cc2)cc1. The average molecular weight is 627 g/mol. The smallest absolute Gasteiger partial charge is 0.266 e. The van der Waals surface area contributed by atoms with Gasteiger partial charge in [-0.05, 0) is 84.6 Å². The lowest BCUT2D eigenvalue weighted by atomic mass is 9.91. The fourth-order valence-corrected chi connectivity index (χ4v) is 5.53. The summed E-state index contributed by atoms with van der Waals surface area (Å²) in [5.41, 5.74) is 4.42. The second kappa shape index (κ2) is 12.8. The zero-order valence-corrected chi connectivity index (χ0v) is 24.9. The van der Waals surface area contributed by atoms with Crippen molar-refractivity contribution in [2.24, 2.45) is 5.92 Å². The van der Waals surface area contributed by atoms with Crippen LogP contribution >= 0.6 is 0 Å². The van der Waals surface area contributed by atoms with E-state index in [2.05, 4.69) is 10.6 Å². The van der Waals surface area contributed by atoms with Crippen molar-refractivity contribution in [1.82, 2.24) is 5.32 Å². The van der Waals surface area contributed by atoms with Gasteiger partial charge in [0, 0.05) is 34.7 Å². The zero-order chi connectivity index (χ0) is 31.4. The molecule has 6 rings (SSSR count). The number of nitrogens with one attached hydrogen (secondary N) is 2. The Labute approximate surface area is 259 Å². The van der Waals surface area contributed by atoms with Crippen LogP contribution in [0, 0.1) is 5.92 Å². The van der Waals surface area contributed by atoms with Crippen molar-refractivity contribution in [3.8, 4) is 22.8 Å². The first-order valence-corrected chi connectivity index (χ1v) is 15.9. The summed E-state index contributed by atoms with van der Waals surface area (Å²) in [5.74, 6) is 0.366. The molecule has 0 aliphatic carbocycles. The molecule has 0 fully saturated rings. The van der Waals surface area contributed by atoms with Gasteiger partial charge in [0.25, 0.3) is 16.0 Å². The molecule has 0 saturated carbocycles. The van der Waals surface area contributed by atoms with Gasteiger partial charge in [-0.1, -0.05) is 36.4 Å². The maximum absolute atomic E-state index is 13.7. The normalized spacial score (nSPS) is 13.0. The molecular weight excluding hydrogens is 596 g/mol. The van der Waals surface area contributed by atoms with E-state index in [0.29, 0.717) is 35.6 Å². The van der Waals surface area contributed by atoms with Crippen molar-refractivity contribution in [3.63, 3.8) is 0 Å². The third-order valence-corrected chi connectivity index (χ3v) is 8.22. The number of amides is 2. The molecule has 11 heteroatoms. The van der Waals surface area contributed by atoms with Gasteiger partial charge in [0.2, 0.25) is 12.7 Å². The molecule has 0 spiro atoms. The second-order valence-electron chi connectivity index (χ2n) is 10.7. The van der Waals surface area contributed by atoms with E-state index in [4.69, 9.17) is 18.4 Å². The highest BCUT2D eigenvalue weighted by Crippen LogP contribution is 2.34. The van der Waals surface area contributed by atoms with Gasteiger partial charge >= 0.3 is 0 Å². The number of fused-ring (bicyclic) bond motifs is 2. The summed E-state index contributed by atoms with van der Waals surface area (Å²) in [6.45, 7) is -0.0566. The van der Waals surface area contributed by atoms with E-state index >= 15 is 0 Å². The van der Waals surface area contributed by atoms with Crippen LogP contribution in [0.15, 0.2) is 101 Å². The molecule has 0 radical (unpaired) electrons. The summed E-state index contributed by atoms with van der Waals surface area (Å²) in [7, 11) is -4.17. The summed E-state index contributed by atoms with van der Waals surface area (Å²) in [4.78, 5) is 26.1. The van der Waals surface area contributed by atoms with Crippen molar-refractivity contribution in [1.29, 1.82) is 0 Å². The molecular formula is C34H30N2O8S. The topological polar surface area (TPSA) is 144 Å². The van der Waals surface area contributed by atoms with Crippen molar-refractivity contribution in [3.05, 3.63) is 114 Å². The first-order chi connectivity index (χ1) is 21.7. The maximum atomic E-state index is 13.7. The summed E-state index contributed by atoms with van der Waals surface area (Å²) >= 11 is 0. The molecule has 3 N–H and O–H groups in total. The Morgan fingerprint density at radius 1 is 0.822 bits per heavy atom. The Bertz CT molecular complexity index is 1920. The molecule has 0 bridgehead atoms. The lowest BCUT2D eigenvalue weighted by Gasteiger charge is -2.18. The van der Waals surface area contributed by atoms with E-state index in [9.17, 15) is 18.0 Å². The third kappa shape index (κ3) is 7.51. The van der Waals surface area contributed by atoms with Gasteiger partial charge in [-0.3, -0.25) is 14.1 Å². The maximum Gasteiger partial charge on any atom is 0.266 e. The lowest BCUT2D eigenvalue weighted by molar-refractivity contribution is -0.119. The number of carbonyl (C=O) groups excluding carboxylic acids is 2. The standard InChI is InChI=1S/C34H30N2O8S/c37-33(35-15-16-45(39,40)41)25-8-5-22(6-9-25)17-27(18-23-7-14-30-32(19-23)43-21-42-30)34(38)36-28-12-10-24(11-13-28)31-20-26-3-1-2-4-29(26)44-31/h1-14,19-20,27H,15-18,21H2,(H,35,37)(H,36,38)(H,39,40,41). The van der Waals surface area contributed by atoms with E-state index in [-0.39, 0.29) is 19.2 Å². The van der Waals surface area contributed by atoms with Crippen LogP contribution in [0.2, 0.25) is 0 Å². The molecule has 0 saturated heterocycles. The molecule has 1 aromatic heterocycles. The van der Waals surface area contributed by atoms with E-state index in [1.54, 1.807) is 24.3 Å². The molecule has 10 nitrogen and oxygen atoms in total. The molecule has 2 heterocycles. The van der Waals surface area contributed by atoms with Crippen LogP contribution in [0.1, 0.15) is 21.5 Å². The Morgan fingerprint density at radius 2 is 1.53 bits per heavy atom. The van der Waals surface area contributed by atoms with Crippen molar-refractivity contribution in [2.45, 2.75) is 12.8 Å². The molecule has 230 valence electrons. The number of para-hydroxylation sites is 1. The van der Waals surface area contributed by atoms with Gasteiger partial charge in [0.1, 0.15) is 11.3 Å². The quantitative estimate of drug-likeness (QED) is 0.163. The molecule has 45 heavy (non-hydrogen) atoms. The fraction of sp³-hybridized carbons (Fsp3) is 0.176. The minimum atomic E-state index is -4.17. The van der Waals surface area contributed by atoms with E-state index in [1.807, 2.05) is 72.8 Å². The molecule has 2 amide bonds. The number of furan rings is 1. The van der Waals surface area contributed by atoms with Gasteiger partial charge in [-0.15, -0.1) is 0 Å². The van der Waals surface area contributed by atoms with Crippen LogP contribution in [-0.2, 0) is 27.8 Å². The highest BCUT2D eigenvalue weighted by atomic mass is 32.2. The molecule has 1 aliphatic rings. The van der Waals surface area contributed by atoms with Gasteiger partial charge in [0.05, 0.1) is 5.75 Å². The van der Waals surface area contributed by atoms with Crippen LogP contribution in [-0.4, -0.2) is 43.9 Å². The number of carbonyl (C=O) groups is 2. The molecule has 1 aliphatic heterocycles. The number of anilines is 1. The van der Waals surface area contributed by atoms with Crippen LogP contribution in [0.4, 0.5) is 5.69 Å². The first-order valence-electron chi connectivity index (χ1n) is 14.3. The Kier molecular flexibility index (Phi) is 8.54. The van der Waals surface area contributed by atoms with Crippen molar-refractivity contribution < 1.29 is 36.5 Å². The second-order valence-corrected chi connectivity index (χ2v) is 12.3. The highest BCUT2D eigenvalue weighted by molar-refractivity contribution is 7.85. The largest absolute Gasteiger partial charge is 0.456 e. The van der Waals surface area contributed by atoms with Crippen LogP contribution in [0.3, 0.4) is 0 Å². The lowest BCUT2D eigenvalue weighted by Crippen LogP contribution is -2.29. The van der Waals surface area contributed by atoms with Gasteiger partial charge in [-0.2, -0.15) is 8.42 Å². The van der Waals surface area contributed by atoms with Gasteiger partial charge < -0.3 is 24.5 Å². The van der Waals surface area contributed by atoms with Crippen LogP contribution in [0.5, 0.6) is 11.5 Å². The van der Waals surface area contributed by atoms with Gasteiger partial charge in [0.15, 0.2) is 11.5 Å². The van der Waals surface area contributed by atoms with Crippen molar-refractivity contribution >= 4 is 38.6 Å². The highest BCUT2D eigenvalue weighted by Gasteiger charge is 2.22. The van der Waals surface area contributed by atoms with Gasteiger partial charge in [-0.25, -0.2) is 0 Å². The average Bonchev–Trinajstić information content (AvgIpc) is 3.68. The van der Waals surface area contributed by atoms with E-state index in [1.165, 1.54) is 0 Å². The monoisotopic (exact) mass is 626 g/mol. The predicted octanol–water partition coefficient (Wildman–Crippen LogP) is 5.49. The first kappa shape index (κ1) is 29.9. The Hall–Kier alpha value is -5.13. The minimum absolute atomic E-state index is 0.155. The zero-order valence-electron chi connectivity index (χ0n) is 24.1. The van der Waals surface area contributed by atoms with E-state index < -0.39 is 27.7 Å². The number of benzene rings is 4. The minimum Gasteiger partial charge on any atom is -0.456 e. The molecule has 1 atom stereocenters. The summed E-state index contributed by atoms with van der Waals surface area (Å²) in [6.07, 6.45) is 0.819. The molecule has 5 aromatic rings. The Balaban J connectivity index is 1.16. The van der Waals surface area contributed by atoms with Crippen LogP contribution < -0.4 is 20.1 Å². The third-order valence-electron chi connectivity index (χ3n) is 7.50. The summed E-state index contributed by atoms with van der Waals surface area (Å²) in [5, 5.41) is 6.53. The number of ether oxygens (including phenoxy) is 2. The molecule has 4 aromatic carbocycles. The summed E-state index contributed by atoms with van der Waals surface area (Å²) in [6, 6.07) is 29.7. The van der Waals surface area contributed by atoms with Crippen molar-refractivity contribution in [2.75, 3.05) is 24.4 Å². The predicted molar refractivity (Wildman–Crippen MR) is 169 cm³/mol. The molecule has 1 unspecified atom stereocenters. The van der Waals surface area contributed by atoms with E-state index in [0.717, 1.165) is 33.4 Å². The van der Waals surface area contributed by atoms with Crippen LogP contribution in [0.25, 0.3) is 22.3 Å². The number of hydrogen-bond donors (Lipinski definition) is 3. The summed E-state index contributed by atoms with van der Waals surface area (Å²) < 4.78 is 47.6.